The minimum atomic E-state index is 0.158. The molecular weight excluding hydrogens is 272 g/mol. The van der Waals surface area contributed by atoms with Crippen LogP contribution < -0.4 is 5.73 Å². The molecule has 1 amide bonds. The van der Waals surface area contributed by atoms with Gasteiger partial charge in [-0.3, -0.25) is 4.79 Å². The second-order valence-corrected chi connectivity index (χ2v) is 6.44. The molecule has 1 heterocycles. The van der Waals surface area contributed by atoms with Gasteiger partial charge >= 0.3 is 0 Å². The van der Waals surface area contributed by atoms with Gasteiger partial charge in [0.25, 0.3) is 0 Å². The van der Waals surface area contributed by atoms with Crippen LogP contribution in [0.15, 0.2) is 29.2 Å². The average molecular weight is 294 g/mol. The van der Waals surface area contributed by atoms with Crippen molar-refractivity contribution in [1.82, 2.24) is 4.90 Å². The second-order valence-electron chi connectivity index (χ2n) is 5.39. The highest BCUT2D eigenvalue weighted by molar-refractivity contribution is 8.00. The van der Waals surface area contributed by atoms with Crippen molar-refractivity contribution in [3.63, 3.8) is 0 Å². The SMILES string of the molecule is CC1CCN(C(=O)CSc2ccc(O)cc2)C(CN)C1. The van der Waals surface area contributed by atoms with Crippen LogP contribution in [0.5, 0.6) is 5.75 Å². The number of aromatic hydroxyl groups is 1. The predicted molar refractivity (Wildman–Crippen MR) is 81.8 cm³/mol. The Morgan fingerprint density at radius 2 is 2.15 bits per heavy atom. The number of carbonyl (C=O) groups is 1. The number of rotatable bonds is 4. The molecule has 0 spiro atoms. The van der Waals surface area contributed by atoms with Gasteiger partial charge in [-0.2, -0.15) is 0 Å². The quantitative estimate of drug-likeness (QED) is 0.834. The summed E-state index contributed by atoms with van der Waals surface area (Å²) in [4.78, 5) is 15.2. The Hall–Kier alpha value is -1.20. The molecule has 110 valence electrons. The first-order chi connectivity index (χ1) is 9.60. The number of nitrogens with zero attached hydrogens (tertiary/aromatic N) is 1. The third kappa shape index (κ3) is 3.90. The maximum Gasteiger partial charge on any atom is 0.233 e. The Balaban J connectivity index is 1.89. The summed E-state index contributed by atoms with van der Waals surface area (Å²) in [5.41, 5.74) is 5.79. The van der Waals surface area contributed by atoms with Crippen LogP contribution in [0.2, 0.25) is 0 Å². The highest BCUT2D eigenvalue weighted by Gasteiger charge is 2.28. The molecule has 2 unspecified atom stereocenters. The number of hydrogen-bond acceptors (Lipinski definition) is 4. The molecule has 1 saturated heterocycles. The number of carbonyl (C=O) groups excluding carboxylic acids is 1. The standard InChI is InChI=1S/C15H22N2O2S/c1-11-6-7-17(12(8-11)9-16)15(19)10-20-14-4-2-13(18)3-5-14/h2-5,11-12,18H,6-10,16H2,1H3. The molecule has 0 bridgehead atoms. The van der Waals surface area contributed by atoms with Crippen molar-refractivity contribution >= 4 is 17.7 Å². The van der Waals surface area contributed by atoms with Gasteiger partial charge in [0.1, 0.15) is 5.75 Å². The van der Waals surface area contributed by atoms with Crippen molar-refractivity contribution in [2.75, 3.05) is 18.8 Å². The summed E-state index contributed by atoms with van der Waals surface area (Å²) >= 11 is 1.50. The Bertz CT molecular complexity index is 450. The van der Waals surface area contributed by atoms with Gasteiger partial charge in [-0.1, -0.05) is 6.92 Å². The number of piperidine rings is 1. The summed E-state index contributed by atoms with van der Waals surface area (Å²) in [6.45, 7) is 3.58. The van der Waals surface area contributed by atoms with Gasteiger partial charge in [0.2, 0.25) is 5.91 Å². The number of nitrogens with two attached hydrogens (primary N) is 1. The van der Waals surface area contributed by atoms with Crippen LogP contribution in [0.1, 0.15) is 19.8 Å². The molecule has 3 N–H and O–H groups in total. The summed E-state index contributed by atoms with van der Waals surface area (Å²) in [5.74, 6) is 1.48. The lowest BCUT2D eigenvalue weighted by Gasteiger charge is -2.38. The Morgan fingerprint density at radius 3 is 2.80 bits per heavy atom. The van der Waals surface area contributed by atoms with E-state index in [9.17, 15) is 9.90 Å². The van der Waals surface area contributed by atoms with E-state index in [1.165, 1.54) is 11.8 Å². The molecule has 0 aliphatic carbocycles. The van der Waals surface area contributed by atoms with Crippen molar-refractivity contribution in [3.05, 3.63) is 24.3 Å². The maximum absolute atomic E-state index is 12.3. The average Bonchev–Trinajstić information content (AvgIpc) is 2.46. The van der Waals surface area contributed by atoms with Crippen molar-refractivity contribution in [2.45, 2.75) is 30.7 Å². The highest BCUT2D eigenvalue weighted by atomic mass is 32.2. The van der Waals surface area contributed by atoms with Crippen LogP contribution in [0.4, 0.5) is 0 Å². The van der Waals surface area contributed by atoms with Crippen molar-refractivity contribution in [2.24, 2.45) is 11.7 Å². The number of thioether (sulfide) groups is 1. The lowest BCUT2D eigenvalue weighted by Crippen LogP contribution is -2.49. The van der Waals surface area contributed by atoms with E-state index in [-0.39, 0.29) is 17.7 Å². The predicted octanol–water partition coefficient (Wildman–Crippen LogP) is 2.07. The number of hydrogen-bond donors (Lipinski definition) is 2. The van der Waals surface area contributed by atoms with Crippen LogP contribution >= 0.6 is 11.8 Å². The van der Waals surface area contributed by atoms with Crippen LogP contribution in [0.25, 0.3) is 0 Å². The molecule has 2 rings (SSSR count). The van der Waals surface area contributed by atoms with Gasteiger partial charge < -0.3 is 15.7 Å². The first-order valence-electron chi connectivity index (χ1n) is 7.01. The Morgan fingerprint density at radius 1 is 1.45 bits per heavy atom. The van der Waals surface area contributed by atoms with Crippen LogP contribution in [-0.4, -0.2) is 40.8 Å². The van der Waals surface area contributed by atoms with E-state index in [0.717, 1.165) is 24.3 Å². The molecule has 1 aromatic carbocycles. The van der Waals surface area contributed by atoms with Crippen molar-refractivity contribution in [3.8, 4) is 5.75 Å². The van der Waals surface area contributed by atoms with E-state index < -0.39 is 0 Å². The molecule has 2 atom stereocenters. The summed E-state index contributed by atoms with van der Waals surface area (Å²) in [5, 5.41) is 9.23. The lowest BCUT2D eigenvalue weighted by atomic mass is 9.92. The van der Waals surface area contributed by atoms with Gasteiger partial charge in [-0.15, -0.1) is 11.8 Å². The van der Waals surface area contributed by atoms with Gasteiger partial charge in [0.05, 0.1) is 5.75 Å². The van der Waals surface area contributed by atoms with E-state index in [1.54, 1.807) is 12.1 Å². The normalized spacial score (nSPS) is 22.8. The molecule has 4 nitrogen and oxygen atoms in total. The van der Waals surface area contributed by atoms with Gasteiger partial charge in [-0.05, 0) is 43.0 Å². The zero-order chi connectivity index (χ0) is 14.5. The van der Waals surface area contributed by atoms with E-state index in [0.29, 0.717) is 18.2 Å². The number of phenolic OH excluding ortho intramolecular Hbond substituents is 1. The van der Waals surface area contributed by atoms with E-state index in [1.807, 2.05) is 17.0 Å². The largest absolute Gasteiger partial charge is 0.508 e. The third-order valence-corrected chi connectivity index (χ3v) is 4.77. The van der Waals surface area contributed by atoms with Gasteiger partial charge in [0, 0.05) is 24.0 Å². The summed E-state index contributed by atoms with van der Waals surface area (Å²) in [6.07, 6.45) is 2.07. The molecule has 5 heteroatoms. The zero-order valence-electron chi connectivity index (χ0n) is 11.8. The molecule has 1 aliphatic rings. The fourth-order valence-corrected chi connectivity index (χ4v) is 3.36. The summed E-state index contributed by atoms with van der Waals surface area (Å²) in [7, 11) is 0. The number of phenols is 1. The molecule has 20 heavy (non-hydrogen) atoms. The second kappa shape index (κ2) is 6.99. The molecule has 1 fully saturated rings. The molecule has 1 aliphatic heterocycles. The fraction of sp³-hybridized carbons (Fsp3) is 0.533. The van der Waals surface area contributed by atoms with E-state index in [2.05, 4.69) is 6.92 Å². The number of benzene rings is 1. The van der Waals surface area contributed by atoms with Crippen LogP contribution in [-0.2, 0) is 4.79 Å². The van der Waals surface area contributed by atoms with Gasteiger partial charge in [-0.25, -0.2) is 0 Å². The minimum Gasteiger partial charge on any atom is -0.508 e. The van der Waals surface area contributed by atoms with Gasteiger partial charge in [0.15, 0.2) is 0 Å². The first-order valence-corrected chi connectivity index (χ1v) is 8.00. The van der Waals surface area contributed by atoms with Crippen LogP contribution in [0, 0.1) is 5.92 Å². The van der Waals surface area contributed by atoms with Crippen molar-refractivity contribution < 1.29 is 9.90 Å². The number of amides is 1. The summed E-state index contributed by atoms with van der Waals surface area (Å²) < 4.78 is 0. The smallest absolute Gasteiger partial charge is 0.233 e. The first kappa shape index (κ1) is 15.2. The molecule has 0 aromatic heterocycles. The third-order valence-electron chi connectivity index (χ3n) is 3.77. The molecule has 0 radical (unpaired) electrons. The zero-order valence-corrected chi connectivity index (χ0v) is 12.6. The summed E-state index contributed by atoms with van der Waals surface area (Å²) in [6, 6.07) is 7.11. The Labute approximate surface area is 124 Å². The topological polar surface area (TPSA) is 66.6 Å². The maximum atomic E-state index is 12.3. The van der Waals surface area contributed by atoms with E-state index >= 15 is 0 Å². The highest BCUT2D eigenvalue weighted by Crippen LogP contribution is 2.25. The molecule has 1 aromatic rings. The Kier molecular flexibility index (Phi) is 5.31. The number of likely N-dealkylation sites (tertiary alicyclic amines) is 1. The minimum absolute atomic E-state index is 0.158. The van der Waals surface area contributed by atoms with E-state index in [4.69, 9.17) is 5.73 Å². The fourth-order valence-electron chi connectivity index (χ4n) is 2.57. The monoisotopic (exact) mass is 294 g/mol. The van der Waals surface area contributed by atoms with Crippen molar-refractivity contribution in [1.29, 1.82) is 0 Å². The van der Waals surface area contributed by atoms with Crippen LogP contribution in [0.3, 0.4) is 0 Å². The molecule has 0 saturated carbocycles. The molecular formula is C15H22N2O2S. The lowest BCUT2D eigenvalue weighted by molar-refractivity contribution is -0.132.